The summed E-state index contributed by atoms with van der Waals surface area (Å²) in [6.45, 7) is 4.08. The third kappa shape index (κ3) is 3.71. The van der Waals surface area contributed by atoms with Gasteiger partial charge in [-0.1, -0.05) is 18.2 Å². The van der Waals surface area contributed by atoms with E-state index in [0.717, 1.165) is 5.56 Å². The van der Waals surface area contributed by atoms with E-state index in [9.17, 15) is 14.7 Å². The van der Waals surface area contributed by atoms with Crippen LogP contribution in [0.15, 0.2) is 29.1 Å². The third-order valence-corrected chi connectivity index (χ3v) is 4.28. The number of hydrogen-bond donors (Lipinski definition) is 2. The maximum absolute atomic E-state index is 12.5. The van der Waals surface area contributed by atoms with E-state index < -0.39 is 12.0 Å². The van der Waals surface area contributed by atoms with Crippen LogP contribution in [0.2, 0.25) is 0 Å². The molecule has 1 aliphatic heterocycles. The quantitative estimate of drug-likeness (QED) is 0.852. The summed E-state index contributed by atoms with van der Waals surface area (Å²) in [7, 11) is 0. The number of ether oxygens (including phenoxy) is 1. The number of H-pyrrole nitrogens is 1. The second-order valence-electron chi connectivity index (χ2n) is 6.18. The number of hydrogen-bond acceptors (Lipinski definition) is 5. The zero-order valence-corrected chi connectivity index (χ0v) is 14.3. The van der Waals surface area contributed by atoms with Crippen LogP contribution in [-0.4, -0.2) is 45.1 Å². The summed E-state index contributed by atoms with van der Waals surface area (Å²) in [5.41, 5.74) is 1.99. The van der Waals surface area contributed by atoms with Crippen molar-refractivity contribution < 1.29 is 14.6 Å². The van der Waals surface area contributed by atoms with Gasteiger partial charge >= 0.3 is 0 Å². The smallest absolute Gasteiger partial charge is 0.255 e. The highest BCUT2D eigenvalue weighted by Gasteiger charge is 2.28. The second kappa shape index (κ2) is 7.06. The Morgan fingerprint density at radius 2 is 2.16 bits per heavy atom. The van der Waals surface area contributed by atoms with Gasteiger partial charge in [-0.05, 0) is 31.9 Å². The average molecular weight is 343 g/mol. The number of carbonyl (C=O) groups is 1. The highest BCUT2D eigenvalue weighted by Crippen LogP contribution is 2.18. The summed E-state index contributed by atoms with van der Waals surface area (Å²) in [5, 5.41) is 10.2. The molecule has 1 amide bonds. The van der Waals surface area contributed by atoms with Crippen molar-refractivity contribution >= 4 is 5.91 Å². The number of aromatic amines is 1. The molecule has 2 N–H and O–H groups in total. The van der Waals surface area contributed by atoms with Crippen LogP contribution >= 0.6 is 0 Å². The topological polar surface area (TPSA) is 95.5 Å². The molecule has 0 spiro atoms. The molecule has 1 aromatic carbocycles. The molecule has 0 fully saturated rings. The summed E-state index contributed by atoms with van der Waals surface area (Å²) in [6, 6.07) is 7.43. The van der Waals surface area contributed by atoms with Crippen LogP contribution in [0.1, 0.15) is 22.6 Å². The molecule has 7 nitrogen and oxygen atoms in total. The van der Waals surface area contributed by atoms with Crippen molar-refractivity contribution in [2.24, 2.45) is 0 Å². The molecular weight excluding hydrogens is 322 g/mol. The highest BCUT2D eigenvalue weighted by molar-refractivity contribution is 5.81. The fourth-order valence-corrected chi connectivity index (χ4v) is 2.92. The normalized spacial score (nSPS) is 14.8. The van der Waals surface area contributed by atoms with E-state index in [0.29, 0.717) is 35.8 Å². The maximum atomic E-state index is 12.5. The van der Waals surface area contributed by atoms with Gasteiger partial charge in [0.25, 0.3) is 11.5 Å². The van der Waals surface area contributed by atoms with Gasteiger partial charge in [-0.25, -0.2) is 4.98 Å². The van der Waals surface area contributed by atoms with Gasteiger partial charge in [0.05, 0.1) is 12.2 Å². The first-order chi connectivity index (χ1) is 12.0. The Labute approximate surface area is 145 Å². The number of nitrogens with zero attached hydrogens (tertiary/aromatic N) is 2. The van der Waals surface area contributed by atoms with E-state index in [1.54, 1.807) is 13.0 Å². The third-order valence-electron chi connectivity index (χ3n) is 4.28. The first-order valence-corrected chi connectivity index (χ1v) is 8.19. The molecule has 0 bridgehead atoms. The fraction of sp³-hybridized carbons (Fsp3) is 0.389. The molecule has 0 saturated carbocycles. The van der Waals surface area contributed by atoms with Crippen molar-refractivity contribution in [3.8, 4) is 5.75 Å². The molecule has 1 aromatic heterocycles. The van der Waals surface area contributed by atoms with Gasteiger partial charge in [0.15, 0.2) is 6.10 Å². The predicted molar refractivity (Wildman–Crippen MR) is 91.4 cm³/mol. The summed E-state index contributed by atoms with van der Waals surface area (Å²) < 4.78 is 5.55. The lowest BCUT2D eigenvalue weighted by Crippen LogP contribution is -2.45. The van der Waals surface area contributed by atoms with E-state index in [1.165, 1.54) is 4.90 Å². The number of fused-ring (bicyclic) bond motifs is 1. The lowest BCUT2D eigenvalue weighted by atomic mass is 10.1. The number of para-hydroxylation sites is 1. The van der Waals surface area contributed by atoms with Crippen LogP contribution in [0.3, 0.4) is 0 Å². The molecule has 1 aliphatic rings. The number of aromatic nitrogens is 2. The Morgan fingerprint density at radius 3 is 2.92 bits per heavy atom. The van der Waals surface area contributed by atoms with Crippen molar-refractivity contribution in [2.75, 3.05) is 13.2 Å². The zero-order valence-electron chi connectivity index (χ0n) is 14.3. The van der Waals surface area contributed by atoms with Gasteiger partial charge in [-0.2, -0.15) is 0 Å². The number of carbonyl (C=O) groups excluding carboxylic acids is 1. The van der Waals surface area contributed by atoms with Crippen LogP contribution in [0.5, 0.6) is 5.75 Å². The van der Waals surface area contributed by atoms with Gasteiger partial charge in [0, 0.05) is 12.1 Å². The van der Waals surface area contributed by atoms with Crippen LogP contribution < -0.4 is 10.3 Å². The first-order valence-electron chi connectivity index (χ1n) is 8.19. The molecule has 0 aliphatic carbocycles. The minimum absolute atomic E-state index is 0.116. The first kappa shape index (κ1) is 17.2. The van der Waals surface area contributed by atoms with Gasteiger partial charge in [-0.15, -0.1) is 0 Å². The van der Waals surface area contributed by atoms with Crippen molar-refractivity contribution in [3.05, 3.63) is 57.3 Å². The minimum Gasteiger partial charge on any atom is -0.490 e. The minimum atomic E-state index is -1.26. The lowest BCUT2D eigenvalue weighted by Gasteiger charge is -2.29. The fourth-order valence-electron chi connectivity index (χ4n) is 2.92. The molecule has 0 unspecified atom stereocenters. The Kier molecular flexibility index (Phi) is 4.85. The second-order valence-corrected chi connectivity index (χ2v) is 6.18. The largest absolute Gasteiger partial charge is 0.490 e. The Hall–Kier alpha value is -2.67. The molecule has 2 heterocycles. The average Bonchev–Trinajstić information content (AvgIpc) is 2.59. The van der Waals surface area contributed by atoms with Crippen molar-refractivity contribution in [2.45, 2.75) is 32.9 Å². The van der Waals surface area contributed by atoms with E-state index in [2.05, 4.69) is 9.97 Å². The van der Waals surface area contributed by atoms with Crippen LogP contribution in [-0.2, 0) is 17.8 Å². The standard InChI is InChI=1S/C18H21N3O4/c1-11-5-3-4-6-16(11)25-10-15(22)18(24)21-8-7-13-14(9-21)19-12(2)20-17(13)23/h3-6,15,22H,7-10H2,1-2H3,(H,19,20,23)/t15-/m0/s1. The molecule has 132 valence electrons. The number of aliphatic hydroxyl groups excluding tert-OH is 1. The number of benzene rings is 1. The van der Waals surface area contributed by atoms with E-state index >= 15 is 0 Å². The molecule has 0 saturated heterocycles. The number of amides is 1. The number of aryl methyl sites for hydroxylation is 2. The van der Waals surface area contributed by atoms with Gasteiger partial charge in [0.2, 0.25) is 0 Å². The molecular formula is C18H21N3O4. The van der Waals surface area contributed by atoms with Gasteiger partial charge in [0.1, 0.15) is 18.2 Å². The number of nitrogens with one attached hydrogen (secondary N) is 1. The van der Waals surface area contributed by atoms with Crippen LogP contribution in [0.25, 0.3) is 0 Å². The van der Waals surface area contributed by atoms with E-state index in [1.807, 2.05) is 25.1 Å². The summed E-state index contributed by atoms with van der Waals surface area (Å²) in [5.74, 6) is 0.739. The summed E-state index contributed by atoms with van der Waals surface area (Å²) >= 11 is 0. The molecule has 25 heavy (non-hydrogen) atoms. The van der Waals surface area contributed by atoms with E-state index in [-0.39, 0.29) is 18.7 Å². The summed E-state index contributed by atoms with van der Waals surface area (Å²) in [6.07, 6.45) is -0.834. The van der Waals surface area contributed by atoms with Crippen molar-refractivity contribution in [3.63, 3.8) is 0 Å². The number of aliphatic hydroxyl groups is 1. The van der Waals surface area contributed by atoms with Crippen LogP contribution in [0.4, 0.5) is 0 Å². The Balaban J connectivity index is 1.65. The van der Waals surface area contributed by atoms with Gasteiger partial charge < -0.3 is 19.7 Å². The molecule has 0 radical (unpaired) electrons. The Morgan fingerprint density at radius 1 is 1.40 bits per heavy atom. The summed E-state index contributed by atoms with van der Waals surface area (Å²) in [4.78, 5) is 32.9. The van der Waals surface area contributed by atoms with Crippen molar-refractivity contribution in [1.82, 2.24) is 14.9 Å². The molecule has 2 aromatic rings. The molecule has 1 atom stereocenters. The number of rotatable bonds is 4. The molecule has 7 heteroatoms. The zero-order chi connectivity index (χ0) is 18.0. The molecule has 3 rings (SSSR count). The van der Waals surface area contributed by atoms with Gasteiger partial charge in [-0.3, -0.25) is 9.59 Å². The monoisotopic (exact) mass is 343 g/mol. The maximum Gasteiger partial charge on any atom is 0.255 e. The Bertz CT molecular complexity index is 846. The predicted octanol–water partition coefficient (Wildman–Crippen LogP) is 0.711. The van der Waals surface area contributed by atoms with E-state index in [4.69, 9.17) is 4.74 Å². The van der Waals surface area contributed by atoms with Crippen molar-refractivity contribution in [1.29, 1.82) is 0 Å². The highest BCUT2D eigenvalue weighted by atomic mass is 16.5. The van der Waals surface area contributed by atoms with Crippen LogP contribution in [0, 0.1) is 13.8 Å². The lowest BCUT2D eigenvalue weighted by molar-refractivity contribution is -0.142. The SMILES string of the molecule is Cc1nc2c(c(=O)[nH]1)CCN(C(=O)[C@@H](O)COc1ccccc1C)C2.